The fourth-order valence-electron chi connectivity index (χ4n) is 3.59. The molecule has 3 amide bonds. The molecule has 1 atom stereocenters. The molecule has 2 N–H and O–H groups in total. The number of urea groups is 1. The maximum atomic E-state index is 12.9. The number of amides is 3. The first-order valence-corrected chi connectivity index (χ1v) is 9.79. The molecule has 30 heavy (non-hydrogen) atoms. The lowest BCUT2D eigenvalue weighted by atomic mass is 10.0. The highest BCUT2D eigenvalue weighted by Crippen LogP contribution is 2.38. The molecule has 160 valence electrons. The van der Waals surface area contributed by atoms with E-state index in [4.69, 9.17) is 9.47 Å². The van der Waals surface area contributed by atoms with Crippen LogP contribution >= 0.6 is 0 Å². The molecule has 1 fully saturated rings. The first kappa shape index (κ1) is 21.4. The van der Waals surface area contributed by atoms with Crippen LogP contribution in [0, 0.1) is 5.82 Å². The third kappa shape index (κ3) is 5.20. The van der Waals surface area contributed by atoms with E-state index in [0.717, 1.165) is 24.0 Å². The maximum absolute atomic E-state index is 12.9. The average Bonchev–Trinajstić information content (AvgIpc) is 3.26. The van der Waals surface area contributed by atoms with Crippen LogP contribution in [0.5, 0.6) is 11.5 Å². The quantitative estimate of drug-likeness (QED) is 0.729. The van der Waals surface area contributed by atoms with Crippen LogP contribution < -0.4 is 20.1 Å². The van der Waals surface area contributed by atoms with E-state index in [1.165, 1.54) is 12.1 Å². The number of carbonyl (C=O) groups is 2. The summed E-state index contributed by atoms with van der Waals surface area (Å²) in [6.07, 6.45) is 1.70. The van der Waals surface area contributed by atoms with Gasteiger partial charge in [-0.1, -0.05) is 12.1 Å². The van der Waals surface area contributed by atoms with E-state index in [-0.39, 0.29) is 30.9 Å². The lowest BCUT2D eigenvalue weighted by molar-refractivity contribution is -0.131. The molecular formula is C22H26FN3O4. The van der Waals surface area contributed by atoms with Gasteiger partial charge in [-0.25, -0.2) is 9.18 Å². The van der Waals surface area contributed by atoms with E-state index < -0.39 is 6.03 Å². The zero-order valence-corrected chi connectivity index (χ0v) is 17.1. The molecule has 2 aromatic carbocycles. The highest BCUT2D eigenvalue weighted by Gasteiger charge is 2.32. The van der Waals surface area contributed by atoms with E-state index in [9.17, 15) is 14.0 Å². The van der Waals surface area contributed by atoms with E-state index in [1.807, 2.05) is 12.1 Å². The number of hydrogen-bond donors (Lipinski definition) is 2. The third-order valence-corrected chi connectivity index (χ3v) is 5.14. The molecule has 0 saturated carbocycles. The number of ether oxygens (including phenoxy) is 2. The van der Waals surface area contributed by atoms with Crippen LogP contribution in [0.2, 0.25) is 0 Å². The molecule has 0 unspecified atom stereocenters. The molecule has 7 nitrogen and oxygen atoms in total. The van der Waals surface area contributed by atoms with Crippen LogP contribution in [0.1, 0.15) is 30.0 Å². The Labute approximate surface area is 175 Å². The fourth-order valence-corrected chi connectivity index (χ4v) is 3.59. The number of nitrogens with one attached hydrogen (secondary N) is 2. The van der Waals surface area contributed by atoms with E-state index in [1.54, 1.807) is 37.3 Å². The fraction of sp³-hybridized carbons (Fsp3) is 0.364. The van der Waals surface area contributed by atoms with E-state index in [0.29, 0.717) is 18.0 Å². The number of nitrogens with zero attached hydrogens (tertiary/aromatic N) is 1. The number of benzene rings is 2. The second-order valence-electron chi connectivity index (χ2n) is 7.02. The number of likely N-dealkylation sites (tertiary alicyclic amines) is 1. The first-order valence-electron chi connectivity index (χ1n) is 9.79. The number of methoxy groups -OCH3 is 2. The molecule has 0 bridgehead atoms. The largest absolute Gasteiger partial charge is 0.497 e. The molecule has 2 aromatic rings. The Morgan fingerprint density at radius 1 is 1.10 bits per heavy atom. The van der Waals surface area contributed by atoms with Gasteiger partial charge in [-0.3, -0.25) is 4.79 Å². The van der Waals surface area contributed by atoms with Crippen molar-refractivity contribution in [1.82, 2.24) is 15.5 Å². The number of carbonyl (C=O) groups excluding carboxylic acids is 2. The van der Waals surface area contributed by atoms with Gasteiger partial charge >= 0.3 is 6.03 Å². The first-order chi connectivity index (χ1) is 14.5. The molecular weight excluding hydrogens is 389 g/mol. The van der Waals surface area contributed by atoms with Crippen molar-refractivity contribution >= 4 is 11.9 Å². The van der Waals surface area contributed by atoms with Crippen LogP contribution in [0.4, 0.5) is 9.18 Å². The normalized spacial score (nSPS) is 15.6. The van der Waals surface area contributed by atoms with Gasteiger partial charge in [0.25, 0.3) is 0 Å². The topological polar surface area (TPSA) is 79.9 Å². The monoisotopic (exact) mass is 415 g/mol. The SMILES string of the molecule is COc1ccc([C@@H]2CCCN2C(=O)CNC(=O)NCc2ccc(F)cc2)c(OC)c1. The summed E-state index contributed by atoms with van der Waals surface area (Å²) < 4.78 is 23.7. The molecule has 0 aromatic heterocycles. The Hall–Kier alpha value is -3.29. The maximum Gasteiger partial charge on any atom is 0.315 e. The van der Waals surface area contributed by atoms with Gasteiger partial charge in [-0.2, -0.15) is 0 Å². The molecule has 1 aliphatic heterocycles. The van der Waals surface area contributed by atoms with Crippen molar-refractivity contribution < 1.29 is 23.5 Å². The second-order valence-corrected chi connectivity index (χ2v) is 7.02. The Bertz CT molecular complexity index is 888. The van der Waals surface area contributed by atoms with Crippen molar-refractivity contribution in [3.63, 3.8) is 0 Å². The third-order valence-electron chi connectivity index (χ3n) is 5.14. The molecule has 1 saturated heterocycles. The van der Waals surface area contributed by atoms with Gasteiger partial charge in [0.05, 0.1) is 26.8 Å². The standard InChI is InChI=1S/C22H26FN3O4/c1-29-17-9-10-18(20(12-17)30-2)19-4-3-11-26(19)21(27)14-25-22(28)24-13-15-5-7-16(23)8-6-15/h5-10,12,19H,3-4,11,13-14H2,1-2H3,(H2,24,25,28)/t19-/m0/s1. The predicted molar refractivity (Wildman–Crippen MR) is 110 cm³/mol. The van der Waals surface area contributed by atoms with Gasteiger partial charge in [0.2, 0.25) is 5.91 Å². The molecule has 0 aliphatic carbocycles. The Kier molecular flexibility index (Phi) is 7.11. The summed E-state index contributed by atoms with van der Waals surface area (Å²) in [6, 6.07) is 10.9. The minimum absolute atomic E-state index is 0.107. The van der Waals surface area contributed by atoms with Gasteiger partial charge < -0.3 is 25.0 Å². The van der Waals surface area contributed by atoms with Gasteiger partial charge in [-0.15, -0.1) is 0 Å². The van der Waals surface area contributed by atoms with Crippen LogP contribution in [0.15, 0.2) is 42.5 Å². The van der Waals surface area contributed by atoms with Crippen molar-refractivity contribution in [3.8, 4) is 11.5 Å². The number of halogens is 1. The number of rotatable bonds is 7. The molecule has 8 heteroatoms. The van der Waals surface area contributed by atoms with Crippen molar-refractivity contribution in [2.45, 2.75) is 25.4 Å². The minimum atomic E-state index is -0.453. The van der Waals surface area contributed by atoms with Crippen molar-refractivity contribution in [2.24, 2.45) is 0 Å². The molecule has 0 radical (unpaired) electrons. The van der Waals surface area contributed by atoms with Crippen molar-refractivity contribution in [3.05, 3.63) is 59.4 Å². The summed E-state index contributed by atoms with van der Waals surface area (Å²) in [5.41, 5.74) is 1.69. The van der Waals surface area contributed by atoms with Crippen LogP contribution in [0.3, 0.4) is 0 Å². The molecule has 3 rings (SSSR count). The Morgan fingerprint density at radius 2 is 1.87 bits per heavy atom. The highest BCUT2D eigenvalue weighted by molar-refractivity contribution is 5.84. The molecule has 0 spiro atoms. The summed E-state index contributed by atoms with van der Waals surface area (Å²) in [7, 11) is 3.18. The Balaban J connectivity index is 1.55. The van der Waals surface area contributed by atoms with Gasteiger partial charge in [-0.05, 0) is 42.7 Å². The summed E-state index contributed by atoms with van der Waals surface area (Å²) in [6.45, 7) is 0.761. The predicted octanol–water partition coefficient (Wildman–Crippen LogP) is 3.01. The van der Waals surface area contributed by atoms with Crippen LogP contribution in [-0.2, 0) is 11.3 Å². The zero-order valence-electron chi connectivity index (χ0n) is 17.1. The smallest absolute Gasteiger partial charge is 0.315 e. The molecule has 1 heterocycles. The van der Waals surface area contributed by atoms with E-state index in [2.05, 4.69) is 10.6 Å². The van der Waals surface area contributed by atoms with E-state index >= 15 is 0 Å². The van der Waals surface area contributed by atoms with Crippen molar-refractivity contribution in [1.29, 1.82) is 0 Å². The lowest BCUT2D eigenvalue weighted by Gasteiger charge is -2.26. The minimum Gasteiger partial charge on any atom is -0.497 e. The lowest BCUT2D eigenvalue weighted by Crippen LogP contribution is -2.43. The summed E-state index contributed by atoms with van der Waals surface area (Å²) in [4.78, 5) is 26.5. The summed E-state index contributed by atoms with van der Waals surface area (Å²) in [5.74, 6) is 0.866. The van der Waals surface area contributed by atoms with Crippen LogP contribution in [0.25, 0.3) is 0 Å². The van der Waals surface area contributed by atoms with Crippen LogP contribution in [-0.4, -0.2) is 44.1 Å². The average molecular weight is 415 g/mol. The Morgan fingerprint density at radius 3 is 2.57 bits per heavy atom. The zero-order chi connectivity index (χ0) is 21.5. The van der Waals surface area contributed by atoms with Gasteiger partial charge in [0, 0.05) is 24.7 Å². The number of hydrogen-bond acceptors (Lipinski definition) is 4. The van der Waals surface area contributed by atoms with Gasteiger partial charge in [0.1, 0.15) is 17.3 Å². The van der Waals surface area contributed by atoms with Crippen molar-refractivity contribution in [2.75, 3.05) is 27.3 Å². The second kappa shape index (κ2) is 9.96. The van der Waals surface area contributed by atoms with Gasteiger partial charge in [0.15, 0.2) is 0 Å². The molecule has 1 aliphatic rings. The highest BCUT2D eigenvalue weighted by atomic mass is 19.1. The summed E-state index contributed by atoms with van der Waals surface area (Å²) in [5, 5.41) is 5.25. The summed E-state index contributed by atoms with van der Waals surface area (Å²) >= 11 is 0.